The molecule has 2 amide bonds. The summed E-state index contributed by atoms with van der Waals surface area (Å²) in [6.07, 6.45) is -3.41. The molecule has 1 atom stereocenters. The lowest BCUT2D eigenvalue weighted by molar-refractivity contribution is -0.137. The van der Waals surface area contributed by atoms with Gasteiger partial charge in [-0.1, -0.05) is 0 Å². The number of amides is 2. The highest BCUT2D eigenvalue weighted by Crippen LogP contribution is 2.32. The second-order valence-corrected chi connectivity index (χ2v) is 9.35. The first-order valence-corrected chi connectivity index (χ1v) is 12.1. The van der Waals surface area contributed by atoms with Gasteiger partial charge in [-0.3, -0.25) is 4.79 Å². The molecule has 0 aliphatic carbocycles. The Morgan fingerprint density at radius 3 is 2.38 bits per heavy atom. The van der Waals surface area contributed by atoms with Gasteiger partial charge in [-0.2, -0.15) is 13.2 Å². The number of hydrogen-bond donors (Lipinski definition) is 2. The molecule has 2 aliphatic rings. The fraction of sp³-hybridized carbons (Fsp3) is 0.385. The molecule has 2 saturated heterocycles. The Kier molecular flexibility index (Phi) is 6.61. The van der Waals surface area contributed by atoms with Crippen molar-refractivity contribution in [2.45, 2.75) is 37.6 Å². The smallest absolute Gasteiger partial charge is 0.416 e. The summed E-state index contributed by atoms with van der Waals surface area (Å²) in [5.74, 6) is 0.387. The summed E-state index contributed by atoms with van der Waals surface area (Å²) in [6, 6.07) is 11.9. The highest BCUT2D eigenvalue weighted by Gasteiger charge is 2.31. The minimum atomic E-state index is -4.35. The summed E-state index contributed by atoms with van der Waals surface area (Å²) in [7, 11) is 0. The summed E-state index contributed by atoms with van der Waals surface area (Å²) in [5, 5.41) is 12.6. The molecular weight excluding hydrogens is 491 g/mol. The van der Waals surface area contributed by atoms with Gasteiger partial charge in [-0.05, 0) is 55.0 Å². The van der Waals surface area contributed by atoms with E-state index in [1.807, 2.05) is 4.90 Å². The van der Waals surface area contributed by atoms with Gasteiger partial charge in [0.15, 0.2) is 5.76 Å². The molecule has 0 bridgehead atoms. The standard InChI is InChI=1S/C26H26F3N3O5/c27-26(28,29)17-1-3-19(4-2-17)31-11-8-20(9-12-31)36-21-5-6-22-16(13-21)14-23(37-22)24(33)30-18-7-10-32(15-18)25(34)35/h1-6,13-14,18,20H,7-12,15H2,(H,30,33)(H,34,35). The number of carbonyl (C=O) groups excluding carboxylic acids is 1. The predicted octanol–water partition coefficient (Wildman–Crippen LogP) is 4.98. The predicted molar refractivity (Wildman–Crippen MR) is 129 cm³/mol. The van der Waals surface area contributed by atoms with Crippen LogP contribution in [0.4, 0.5) is 23.7 Å². The Morgan fingerprint density at radius 2 is 1.73 bits per heavy atom. The number of halogens is 3. The van der Waals surface area contributed by atoms with Crippen molar-refractivity contribution < 1.29 is 37.0 Å². The van der Waals surface area contributed by atoms with E-state index in [0.29, 0.717) is 55.6 Å². The zero-order valence-corrected chi connectivity index (χ0v) is 19.8. The van der Waals surface area contributed by atoms with Gasteiger partial charge in [0.05, 0.1) is 5.56 Å². The van der Waals surface area contributed by atoms with E-state index < -0.39 is 23.7 Å². The summed E-state index contributed by atoms with van der Waals surface area (Å²) < 4.78 is 50.2. The number of furan rings is 1. The molecule has 11 heteroatoms. The third kappa shape index (κ3) is 5.60. The van der Waals surface area contributed by atoms with E-state index in [-0.39, 0.29) is 24.5 Å². The molecule has 0 saturated carbocycles. The number of likely N-dealkylation sites (tertiary alicyclic amines) is 1. The Balaban J connectivity index is 1.16. The van der Waals surface area contributed by atoms with Gasteiger partial charge in [-0.25, -0.2) is 4.79 Å². The van der Waals surface area contributed by atoms with E-state index >= 15 is 0 Å². The number of nitrogens with zero attached hydrogens (tertiary/aromatic N) is 2. The van der Waals surface area contributed by atoms with Gasteiger partial charge in [0.25, 0.3) is 5.91 Å². The minimum absolute atomic E-state index is 0.0441. The van der Waals surface area contributed by atoms with Crippen molar-refractivity contribution in [3.63, 3.8) is 0 Å². The quantitative estimate of drug-likeness (QED) is 0.496. The van der Waals surface area contributed by atoms with Crippen molar-refractivity contribution in [2.24, 2.45) is 0 Å². The second-order valence-electron chi connectivity index (χ2n) is 9.35. The van der Waals surface area contributed by atoms with Crippen LogP contribution in [0, 0.1) is 0 Å². The van der Waals surface area contributed by atoms with E-state index in [1.54, 1.807) is 24.3 Å². The van der Waals surface area contributed by atoms with Gasteiger partial charge in [-0.15, -0.1) is 0 Å². The molecule has 5 rings (SSSR count). The number of rotatable bonds is 5. The Bertz CT molecular complexity index is 1280. The number of piperidine rings is 1. The van der Waals surface area contributed by atoms with Crippen LogP contribution in [0.2, 0.25) is 0 Å². The zero-order valence-electron chi connectivity index (χ0n) is 19.8. The van der Waals surface area contributed by atoms with E-state index in [9.17, 15) is 22.8 Å². The van der Waals surface area contributed by atoms with Gasteiger partial charge in [0.2, 0.25) is 0 Å². The maximum Gasteiger partial charge on any atom is 0.416 e. The molecule has 2 aliphatic heterocycles. The fourth-order valence-corrected chi connectivity index (χ4v) is 4.80. The molecule has 1 aromatic heterocycles. The lowest BCUT2D eigenvalue weighted by atomic mass is 10.1. The summed E-state index contributed by atoms with van der Waals surface area (Å²) >= 11 is 0. The molecule has 3 heterocycles. The van der Waals surface area contributed by atoms with Crippen molar-refractivity contribution in [2.75, 3.05) is 31.1 Å². The number of alkyl halides is 3. The Hall–Kier alpha value is -3.89. The minimum Gasteiger partial charge on any atom is -0.490 e. The van der Waals surface area contributed by atoms with Crippen LogP contribution in [0.15, 0.2) is 52.9 Å². The average molecular weight is 518 g/mol. The van der Waals surface area contributed by atoms with Crippen molar-refractivity contribution in [3.05, 3.63) is 59.9 Å². The average Bonchev–Trinajstić information content (AvgIpc) is 3.51. The topological polar surface area (TPSA) is 95.2 Å². The largest absolute Gasteiger partial charge is 0.490 e. The van der Waals surface area contributed by atoms with Crippen LogP contribution in [-0.4, -0.2) is 60.3 Å². The molecule has 37 heavy (non-hydrogen) atoms. The Labute approximate surface area is 210 Å². The third-order valence-corrected chi connectivity index (χ3v) is 6.81. The molecular formula is C26H26F3N3O5. The summed E-state index contributed by atoms with van der Waals surface area (Å²) in [4.78, 5) is 27.0. The zero-order chi connectivity index (χ0) is 26.2. The number of carbonyl (C=O) groups is 2. The first-order chi connectivity index (χ1) is 17.7. The highest BCUT2D eigenvalue weighted by atomic mass is 19.4. The van der Waals surface area contributed by atoms with Gasteiger partial charge >= 0.3 is 12.3 Å². The lowest BCUT2D eigenvalue weighted by Gasteiger charge is -2.33. The third-order valence-electron chi connectivity index (χ3n) is 6.81. The molecule has 1 unspecified atom stereocenters. The summed E-state index contributed by atoms with van der Waals surface area (Å²) in [6.45, 7) is 1.95. The molecule has 0 radical (unpaired) electrons. The molecule has 8 nitrogen and oxygen atoms in total. The summed E-state index contributed by atoms with van der Waals surface area (Å²) in [5.41, 5.74) is 0.631. The number of nitrogens with one attached hydrogen (secondary N) is 1. The van der Waals surface area contributed by atoms with Crippen LogP contribution in [-0.2, 0) is 6.18 Å². The maximum atomic E-state index is 12.8. The van der Waals surface area contributed by atoms with Crippen LogP contribution in [0.3, 0.4) is 0 Å². The maximum absolute atomic E-state index is 12.8. The van der Waals surface area contributed by atoms with Crippen molar-refractivity contribution in [1.82, 2.24) is 10.2 Å². The van der Waals surface area contributed by atoms with Gasteiger partial charge in [0, 0.05) is 56.1 Å². The van der Waals surface area contributed by atoms with Crippen molar-refractivity contribution in [3.8, 4) is 5.75 Å². The van der Waals surface area contributed by atoms with Crippen LogP contribution in [0.1, 0.15) is 35.4 Å². The molecule has 2 N–H and O–H groups in total. The molecule has 2 aromatic carbocycles. The second kappa shape index (κ2) is 9.87. The van der Waals surface area contributed by atoms with Crippen LogP contribution in [0.5, 0.6) is 5.75 Å². The van der Waals surface area contributed by atoms with Crippen LogP contribution in [0.25, 0.3) is 11.0 Å². The normalized spacial score (nSPS) is 18.8. The van der Waals surface area contributed by atoms with Crippen LogP contribution < -0.4 is 15.0 Å². The van der Waals surface area contributed by atoms with E-state index in [2.05, 4.69) is 5.32 Å². The Morgan fingerprint density at radius 1 is 1.00 bits per heavy atom. The number of benzene rings is 2. The molecule has 2 fully saturated rings. The number of carboxylic acid groups (broad SMARTS) is 1. The number of hydrogen-bond acceptors (Lipinski definition) is 5. The molecule has 3 aromatic rings. The van der Waals surface area contributed by atoms with Crippen molar-refractivity contribution >= 4 is 28.7 Å². The molecule has 196 valence electrons. The van der Waals surface area contributed by atoms with E-state index in [0.717, 1.165) is 17.8 Å². The van der Waals surface area contributed by atoms with E-state index in [4.69, 9.17) is 14.3 Å². The lowest BCUT2D eigenvalue weighted by Crippen LogP contribution is -2.38. The van der Waals surface area contributed by atoms with Crippen LogP contribution >= 0.6 is 0 Å². The van der Waals surface area contributed by atoms with Crippen molar-refractivity contribution in [1.29, 1.82) is 0 Å². The van der Waals surface area contributed by atoms with Gasteiger partial charge in [0.1, 0.15) is 17.4 Å². The molecule has 0 spiro atoms. The number of fused-ring (bicyclic) bond motifs is 1. The first kappa shape index (κ1) is 24.8. The first-order valence-electron chi connectivity index (χ1n) is 12.1. The van der Waals surface area contributed by atoms with Gasteiger partial charge < -0.3 is 29.4 Å². The SMILES string of the molecule is O=C(NC1CCN(C(=O)O)C1)c1cc2cc(OC3CCN(c4ccc(C(F)(F)F)cc4)CC3)ccc2o1. The monoisotopic (exact) mass is 517 g/mol. The van der Waals surface area contributed by atoms with E-state index in [1.165, 1.54) is 17.0 Å². The highest BCUT2D eigenvalue weighted by molar-refractivity contribution is 5.96. The number of ether oxygens (including phenoxy) is 1. The fourth-order valence-electron chi connectivity index (χ4n) is 4.80. The number of anilines is 1.